The van der Waals surface area contributed by atoms with Crippen LogP contribution in [-0.2, 0) is 11.3 Å². The lowest BCUT2D eigenvalue weighted by molar-refractivity contribution is 0.0697. The number of carboxylic acid groups (broad SMARTS) is 1. The summed E-state index contributed by atoms with van der Waals surface area (Å²) in [6.07, 6.45) is 0.976. The van der Waals surface area contributed by atoms with Gasteiger partial charge in [-0.05, 0) is 30.7 Å². The fourth-order valence-electron chi connectivity index (χ4n) is 1.34. The van der Waals surface area contributed by atoms with Crippen molar-refractivity contribution in [1.82, 2.24) is 5.32 Å². The smallest absolute Gasteiger partial charge is 0.335 e. The normalized spacial score (nSPS) is 9.71. The predicted molar refractivity (Wildman–Crippen MR) is 68.8 cm³/mol. The highest BCUT2D eigenvalue weighted by atomic mass is 35.5. The first-order valence-electron chi connectivity index (χ1n) is 5.26. The molecule has 0 unspecified atom stereocenters. The Balaban J connectivity index is 0.00000256. The van der Waals surface area contributed by atoms with E-state index in [-0.39, 0.29) is 12.4 Å². The van der Waals surface area contributed by atoms with Gasteiger partial charge in [-0.2, -0.15) is 0 Å². The summed E-state index contributed by atoms with van der Waals surface area (Å²) in [6.45, 7) is 2.41. The molecule has 0 aliphatic heterocycles. The molecule has 4 nitrogen and oxygen atoms in total. The number of carbonyl (C=O) groups is 1. The van der Waals surface area contributed by atoms with Crippen molar-refractivity contribution in [2.45, 2.75) is 13.0 Å². The number of halogens is 1. The van der Waals surface area contributed by atoms with Crippen molar-refractivity contribution < 1.29 is 14.6 Å². The summed E-state index contributed by atoms with van der Waals surface area (Å²) < 4.78 is 4.93. The lowest BCUT2D eigenvalue weighted by Gasteiger charge is -2.04. The monoisotopic (exact) mass is 259 g/mol. The van der Waals surface area contributed by atoms with Gasteiger partial charge < -0.3 is 15.2 Å². The highest BCUT2D eigenvalue weighted by Crippen LogP contribution is 2.04. The maximum Gasteiger partial charge on any atom is 0.335 e. The summed E-state index contributed by atoms with van der Waals surface area (Å²) in [7, 11) is 1.69. The van der Waals surface area contributed by atoms with Crippen LogP contribution in [0.15, 0.2) is 24.3 Å². The van der Waals surface area contributed by atoms with Crippen molar-refractivity contribution in [1.29, 1.82) is 0 Å². The summed E-state index contributed by atoms with van der Waals surface area (Å²) in [5, 5.41) is 12.0. The zero-order valence-electron chi connectivity index (χ0n) is 9.81. The number of aromatic carboxylic acids is 1. The molecule has 5 heteroatoms. The molecule has 0 amide bonds. The second-order valence-electron chi connectivity index (χ2n) is 3.53. The van der Waals surface area contributed by atoms with Gasteiger partial charge in [0, 0.05) is 20.3 Å². The van der Waals surface area contributed by atoms with Crippen molar-refractivity contribution in [3.8, 4) is 0 Å². The van der Waals surface area contributed by atoms with E-state index in [1.165, 1.54) is 0 Å². The Kier molecular flexibility index (Phi) is 8.40. The van der Waals surface area contributed by atoms with E-state index in [1.807, 2.05) is 12.1 Å². The highest BCUT2D eigenvalue weighted by Gasteiger charge is 2.00. The first kappa shape index (κ1) is 15.9. The number of hydrogen-bond donors (Lipinski definition) is 2. The fraction of sp³-hybridized carbons (Fsp3) is 0.417. The third kappa shape index (κ3) is 6.26. The Hall–Kier alpha value is -1.10. The average molecular weight is 260 g/mol. The van der Waals surface area contributed by atoms with Gasteiger partial charge in [0.05, 0.1) is 5.56 Å². The van der Waals surface area contributed by atoms with E-state index in [1.54, 1.807) is 19.2 Å². The lowest BCUT2D eigenvalue weighted by atomic mass is 10.1. The lowest BCUT2D eigenvalue weighted by Crippen LogP contribution is -2.16. The molecule has 0 saturated carbocycles. The third-order valence-corrected chi connectivity index (χ3v) is 2.23. The summed E-state index contributed by atoms with van der Waals surface area (Å²) in [6, 6.07) is 6.89. The van der Waals surface area contributed by atoms with Crippen molar-refractivity contribution >= 4 is 18.4 Å². The Bertz CT molecular complexity index is 327. The Labute approximate surface area is 107 Å². The molecule has 0 aliphatic rings. The standard InChI is InChI=1S/C12H17NO3.ClH/c1-16-8-2-7-13-9-10-3-5-11(6-4-10)12(14)15;/h3-6,13H,2,7-9H2,1H3,(H,14,15);1H. The molecule has 0 saturated heterocycles. The molecule has 96 valence electrons. The molecule has 0 bridgehead atoms. The molecular weight excluding hydrogens is 242 g/mol. The van der Waals surface area contributed by atoms with E-state index in [4.69, 9.17) is 9.84 Å². The molecule has 2 N–H and O–H groups in total. The first-order chi connectivity index (χ1) is 7.74. The number of ether oxygens (including phenoxy) is 1. The molecule has 17 heavy (non-hydrogen) atoms. The number of rotatable bonds is 7. The van der Waals surface area contributed by atoms with E-state index >= 15 is 0 Å². The van der Waals surface area contributed by atoms with Crippen LogP contribution in [0.3, 0.4) is 0 Å². The molecule has 0 fully saturated rings. The minimum Gasteiger partial charge on any atom is -0.478 e. The summed E-state index contributed by atoms with van der Waals surface area (Å²) >= 11 is 0. The third-order valence-electron chi connectivity index (χ3n) is 2.23. The van der Waals surface area contributed by atoms with Crippen LogP contribution in [0.1, 0.15) is 22.3 Å². The number of carboxylic acids is 1. The maximum atomic E-state index is 10.6. The predicted octanol–water partition coefficient (Wildman–Crippen LogP) is 1.93. The Morgan fingerprint density at radius 1 is 1.35 bits per heavy atom. The molecular formula is C12H18ClNO3. The van der Waals surface area contributed by atoms with E-state index in [0.29, 0.717) is 5.56 Å². The summed E-state index contributed by atoms with van der Waals surface area (Å²) in [5.74, 6) is -0.889. The van der Waals surface area contributed by atoms with Gasteiger partial charge in [-0.15, -0.1) is 12.4 Å². The van der Waals surface area contributed by atoms with Gasteiger partial charge in [-0.1, -0.05) is 12.1 Å². The van der Waals surface area contributed by atoms with Crippen LogP contribution >= 0.6 is 12.4 Å². The van der Waals surface area contributed by atoms with E-state index in [2.05, 4.69) is 5.32 Å². The van der Waals surface area contributed by atoms with Crippen molar-refractivity contribution in [2.24, 2.45) is 0 Å². The van der Waals surface area contributed by atoms with Crippen LogP contribution in [-0.4, -0.2) is 31.3 Å². The minimum absolute atomic E-state index is 0. The zero-order chi connectivity index (χ0) is 11.8. The summed E-state index contributed by atoms with van der Waals surface area (Å²) in [5.41, 5.74) is 1.41. The van der Waals surface area contributed by atoms with Crippen LogP contribution in [0.25, 0.3) is 0 Å². The molecule has 0 spiro atoms. The minimum atomic E-state index is -0.889. The van der Waals surface area contributed by atoms with E-state index in [0.717, 1.165) is 31.7 Å². The largest absolute Gasteiger partial charge is 0.478 e. The second-order valence-corrected chi connectivity index (χ2v) is 3.53. The van der Waals surface area contributed by atoms with Crippen LogP contribution in [0.2, 0.25) is 0 Å². The quantitative estimate of drug-likeness (QED) is 0.735. The average Bonchev–Trinajstić information content (AvgIpc) is 2.29. The molecule has 0 aliphatic carbocycles. The summed E-state index contributed by atoms with van der Waals surface area (Å²) in [4.78, 5) is 10.6. The topological polar surface area (TPSA) is 58.6 Å². The zero-order valence-corrected chi connectivity index (χ0v) is 10.6. The maximum absolute atomic E-state index is 10.6. The van der Waals surface area contributed by atoms with Gasteiger partial charge in [0.1, 0.15) is 0 Å². The van der Waals surface area contributed by atoms with Crippen molar-refractivity contribution in [3.05, 3.63) is 35.4 Å². The molecule has 0 radical (unpaired) electrons. The van der Waals surface area contributed by atoms with Gasteiger partial charge in [0.25, 0.3) is 0 Å². The Morgan fingerprint density at radius 2 is 2.00 bits per heavy atom. The second kappa shape index (κ2) is 8.98. The van der Waals surface area contributed by atoms with E-state index in [9.17, 15) is 4.79 Å². The van der Waals surface area contributed by atoms with Crippen LogP contribution in [0.4, 0.5) is 0 Å². The van der Waals surface area contributed by atoms with Crippen LogP contribution < -0.4 is 5.32 Å². The Morgan fingerprint density at radius 3 is 2.53 bits per heavy atom. The number of methoxy groups -OCH3 is 1. The number of nitrogens with one attached hydrogen (secondary N) is 1. The fourth-order valence-corrected chi connectivity index (χ4v) is 1.34. The molecule has 0 atom stereocenters. The number of hydrogen-bond acceptors (Lipinski definition) is 3. The van der Waals surface area contributed by atoms with Gasteiger partial charge >= 0.3 is 5.97 Å². The van der Waals surface area contributed by atoms with Crippen molar-refractivity contribution in [2.75, 3.05) is 20.3 Å². The molecule has 1 aromatic carbocycles. The van der Waals surface area contributed by atoms with Crippen LogP contribution in [0.5, 0.6) is 0 Å². The first-order valence-corrected chi connectivity index (χ1v) is 5.26. The van der Waals surface area contributed by atoms with E-state index < -0.39 is 5.97 Å². The molecule has 1 rings (SSSR count). The SMILES string of the molecule is COCCCNCc1ccc(C(=O)O)cc1.Cl. The molecule has 0 aromatic heterocycles. The number of benzene rings is 1. The van der Waals surface area contributed by atoms with Crippen molar-refractivity contribution in [3.63, 3.8) is 0 Å². The highest BCUT2D eigenvalue weighted by molar-refractivity contribution is 5.87. The van der Waals surface area contributed by atoms with Gasteiger partial charge in [0.2, 0.25) is 0 Å². The van der Waals surface area contributed by atoms with Gasteiger partial charge in [-0.25, -0.2) is 4.79 Å². The van der Waals surface area contributed by atoms with Crippen LogP contribution in [0, 0.1) is 0 Å². The molecule has 0 heterocycles. The van der Waals surface area contributed by atoms with Gasteiger partial charge in [0.15, 0.2) is 0 Å². The molecule has 1 aromatic rings. The van der Waals surface area contributed by atoms with Gasteiger partial charge in [-0.3, -0.25) is 0 Å².